The van der Waals surface area contributed by atoms with E-state index in [2.05, 4.69) is 37.8 Å². The summed E-state index contributed by atoms with van der Waals surface area (Å²) in [5.41, 5.74) is 10.6. The topological polar surface area (TPSA) is 56.2 Å². The van der Waals surface area contributed by atoms with Gasteiger partial charge in [-0.3, -0.25) is 0 Å². The Kier molecular flexibility index (Phi) is 2.37. The second kappa shape index (κ2) is 3.47. The summed E-state index contributed by atoms with van der Waals surface area (Å²) in [7, 11) is 0. The van der Waals surface area contributed by atoms with Gasteiger partial charge in [-0.15, -0.1) is 0 Å². The molecule has 4 nitrogen and oxygen atoms in total. The summed E-state index contributed by atoms with van der Waals surface area (Å²) in [4.78, 5) is 4.22. The van der Waals surface area contributed by atoms with E-state index in [9.17, 15) is 0 Å². The Balaban J connectivity index is 2.96. The highest BCUT2D eigenvalue weighted by Crippen LogP contribution is 2.29. The number of anilines is 1. The lowest BCUT2D eigenvalue weighted by Gasteiger charge is -2.07. The highest BCUT2D eigenvalue weighted by atomic mass is 15.3. The Morgan fingerprint density at radius 1 is 1.12 bits per heavy atom. The fourth-order valence-electron chi connectivity index (χ4n) is 2.28. The molecule has 0 amide bonds. The molecule has 16 heavy (non-hydrogen) atoms. The average molecular weight is 218 g/mol. The largest absolute Gasteiger partial charge is 0.382 e. The van der Waals surface area contributed by atoms with E-state index < -0.39 is 0 Å². The minimum Gasteiger partial charge on any atom is -0.382 e. The Labute approximate surface area is 95.5 Å². The summed E-state index contributed by atoms with van der Waals surface area (Å²) < 4.78 is 1.95. The van der Waals surface area contributed by atoms with E-state index in [0.29, 0.717) is 17.6 Å². The first-order chi connectivity index (χ1) is 7.43. The van der Waals surface area contributed by atoms with Crippen LogP contribution in [0.15, 0.2) is 0 Å². The van der Waals surface area contributed by atoms with Gasteiger partial charge in [-0.1, -0.05) is 13.8 Å². The number of rotatable bonds is 1. The van der Waals surface area contributed by atoms with Crippen LogP contribution in [0.25, 0.3) is 5.52 Å². The molecule has 2 N–H and O–H groups in total. The fourth-order valence-corrected chi connectivity index (χ4v) is 2.28. The van der Waals surface area contributed by atoms with Crippen molar-refractivity contribution in [1.82, 2.24) is 14.6 Å². The normalized spacial score (nSPS) is 11.6. The van der Waals surface area contributed by atoms with Gasteiger partial charge in [-0.2, -0.15) is 5.10 Å². The number of hydrogen-bond donors (Lipinski definition) is 1. The number of nitrogen functional groups attached to an aromatic ring is 1. The van der Waals surface area contributed by atoms with E-state index in [1.165, 1.54) is 16.8 Å². The third-order valence-electron chi connectivity index (χ3n) is 3.06. The maximum absolute atomic E-state index is 5.97. The number of nitrogens with zero attached hydrogens (tertiary/aromatic N) is 3. The fraction of sp³-hybridized carbons (Fsp3) is 0.500. The van der Waals surface area contributed by atoms with E-state index in [-0.39, 0.29) is 0 Å². The lowest BCUT2D eigenvalue weighted by Crippen LogP contribution is -2.06. The average Bonchev–Trinajstić information content (AvgIpc) is 2.38. The second-order valence-electron chi connectivity index (χ2n) is 4.59. The van der Waals surface area contributed by atoms with Gasteiger partial charge in [0.2, 0.25) is 0 Å². The molecule has 0 saturated carbocycles. The van der Waals surface area contributed by atoms with Crippen molar-refractivity contribution >= 4 is 11.3 Å². The van der Waals surface area contributed by atoms with Gasteiger partial charge in [0.15, 0.2) is 5.82 Å². The molecule has 0 saturated heterocycles. The van der Waals surface area contributed by atoms with Crippen LogP contribution in [0.4, 0.5) is 5.82 Å². The van der Waals surface area contributed by atoms with Crippen molar-refractivity contribution in [1.29, 1.82) is 0 Å². The van der Waals surface area contributed by atoms with Gasteiger partial charge in [-0.25, -0.2) is 9.50 Å². The molecular weight excluding hydrogens is 200 g/mol. The van der Waals surface area contributed by atoms with Gasteiger partial charge in [0, 0.05) is 5.69 Å². The molecule has 2 aromatic heterocycles. The van der Waals surface area contributed by atoms with E-state index in [0.717, 1.165) is 5.52 Å². The van der Waals surface area contributed by atoms with Crippen LogP contribution in [-0.2, 0) is 0 Å². The number of hydrogen-bond acceptors (Lipinski definition) is 3. The van der Waals surface area contributed by atoms with E-state index in [1.54, 1.807) is 0 Å². The summed E-state index contributed by atoms with van der Waals surface area (Å²) in [6.45, 7) is 10.4. The van der Waals surface area contributed by atoms with Gasteiger partial charge in [0.05, 0.1) is 0 Å². The van der Waals surface area contributed by atoms with Crippen LogP contribution in [0.2, 0.25) is 0 Å². The van der Waals surface area contributed by atoms with E-state index in [1.807, 2.05) is 11.4 Å². The van der Waals surface area contributed by atoms with Crippen molar-refractivity contribution in [3.8, 4) is 0 Å². The highest BCUT2D eigenvalue weighted by Gasteiger charge is 2.18. The quantitative estimate of drug-likeness (QED) is 0.799. The van der Waals surface area contributed by atoms with Gasteiger partial charge >= 0.3 is 0 Å². The summed E-state index contributed by atoms with van der Waals surface area (Å²) >= 11 is 0. The third-order valence-corrected chi connectivity index (χ3v) is 3.06. The maximum Gasteiger partial charge on any atom is 0.151 e. The monoisotopic (exact) mass is 218 g/mol. The predicted molar refractivity (Wildman–Crippen MR) is 65.7 cm³/mol. The van der Waals surface area contributed by atoms with Crippen LogP contribution in [0.5, 0.6) is 0 Å². The molecule has 2 rings (SSSR count). The number of nitrogens with two attached hydrogens (primary N) is 1. The molecule has 0 aliphatic rings. The highest BCUT2D eigenvalue weighted by molar-refractivity contribution is 5.73. The molecule has 0 aromatic carbocycles. The molecular formula is C12H18N4. The first-order valence-corrected chi connectivity index (χ1v) is 5.55. The zero-order chi connectivity index (χ0) is 12.0. The van der Waals surface area contributed by atoms with Crippen molar-refractivity contribution in [2.45, 2.75) is 40.5 Å². The Morgan fingerprint density at radius 3 is 2.31 bits per heavy atom. The summed E-state index contributed by atoms with van der Waals surface area (Å²) in [5, 5.41) is 4.46. The molecule has 0 bridgehead atoms. The summed E-state index contributed by atoms with van der Waals surface area (Å²) in [6, 6.07) is 0. The SMILES string of the molecule is Cc1nc(N)c2c(C)c(C)c(C(C)C)n2n1. The first-order valence-electron chi connectivity index (χ1n) is 5.55. The molecule has 0 spiro atoms. The Hall–Kier alpha value is -1.58. The van der Waals surface area contributed by atoms with Crippen LogP contribution in [0.1, 0.15) is 42.4 Å². The first kappa shape index (κ1) is 10.9. The number of aromatic nitrogens is 3. The standard InChI is InChI=1S/C12H18N4/c1-6(2)10-7(3)8(4)11-12(13)14-9(5)15-16(10)11/h6H,1-5H3,(H2,13,14,15). The molecule has 0 fully saturated rings. The van der Waals surface area contributed by atoms with Crippen molar-refractivity contribution in [2.24, 2.45) is 0 Å². The minimum absolute atomic E-state index is 0.426. The maximum atomic E-state index is 5.97. The molecule has 0 radical (unpaired) electrons. The Bertz CT molecular complexity index is 552. The number of aryl methyl sites for hydroxylation is 2. The van der Waals surface area contributed by atoms with Gasteiger partial charge in [0.1, 0.15) is 11.3 Å². The van der Waals surface area contributed by atoms with Crippen LogP contribution in [0, 0.1) is 20.8 Å². The third kappa shape index (κ3) is 1.37. The zero-order valence-electron chi connectivity index (χ0n) is 10.5. The van der Waals surface area contributed by atoms with E-state index >= 15 is 0 Å². The summed E-state index contributed by atoms with van der Waals surface area (Å²) in [6.07, 6.45) is 0. The molecule has 0 atom stereocenters. The van der Waals surface area contributed by atoms with Crippen LogP contribution >= 0.6 is 0 Å². The molecule has 2 aromatic rings. The Morgan fingerprint density at radius 2 is 1.75 bits per heavy atom. The van der Waals surface area contributed by atoms with Crippen LogP contribution in [-0.4, -0.2) is 14.6 Å². The van der Waals surface area contributed by atoms with Crippen molar-refractivity contribution in [2.75, 3.05) is 5.73 Å². The molecule has 0 aliphatic carbocycles. The zero-order valence-corrected chi connectivity index (χ0v) is 10.5. The van der Waals surface area contributed by atoms with Crippen molar-refractivity contribution in [3.63, 3.8) is 0 Å². The van der Waals surface area contributed by atoms with Crippen LogP contribution in [0.3, 0.4) is 0 Å². The van der Waals surface area contributed by atoms with E-state index in [4.69, 9.17) is 5.73 Å². The summed E-state index contributed by atoms with van der Waals surface area (Å²) in [5.74, 6) is 1.71. The molecule has 86 valence electrons. The van der Waals surface area contributed by atoms with Crippen LogP contribution < -0.4 is 5.73 Å². The second-order valence-corrected chi connectivity index (χ2v) is 4.59. The lowest BCUT2D eigenvalue weighted by molar-refractivity contribution is 0.734. The molecule has 4 heteroatoms. The molecule has 2 heterocycles. The van der Waals surface area contributed by atoms with Crippen molar-refractivity contribution in [3.05, 3.63) is 22.6 Å². The smallest absolute Gasteiger partial charge is 0.151 e. The minimum atomic E-state index is 0.426. The molecule has 0 unspecified atom stereocenters. The van der Waals surface area contributed by atoms with Gasteiger partial charge in [0.25, 0.3) is 0 Å². The number of fused-ring (bicyclic) bond motifs is 1. The lowest BCUT2D eigenvalue weighted by atomic mass is 10.0. The molecule has 0 aliphatic heterocycles. The van der Waals surface area contributed by atoms with Gasteiger partial charge in [-0.05, 0) is 37.8 Å². The van der Waals surface area contributed by atoms with Crippen molar-refractivity contribution < 1.29 is 0 Å². The predicted octanol–water partition coefficient (Wildman–Crippen LogP) is 2.36. The van der Waals surface area contributed by atoms with Gasteiger partial charge < -0.3 is 5.73 Å².